The van der Waals surface area contributed by atoms with Crippen LogP contribution < -0.4 is 4.74 Å². The molecule has 22 heavy (non-hydrogen) atoms. The van der Waals surface area contributed by atoms with Gasteiger partial charge in [0, 0.05) is 18.4 Å². The van der Waals surface area contributed by atoms with E-state index in [4.69, 9.17) is 21.1 Å². The minimum absolute atomic E-state index is 0.0878. The molecule has 0 saturated heterocycles. The van der Waals surface area contributed by atoms with E-state index in [-0.39, 0.29) is 6.10 Å². The number of benzene rings is 2. The Kier molecular flexibility index (Phi) is 7.57. The van der Waals surface area contributed by atoms with Crippen LogP contribution in [0.4, 0.5) is 0 Å². The Morgan fingerprint density at radius 1 is 0.955 bits per heavy atom. The van der Waals surface area contributed by atoms with Crippen molar-refractivity contribution in [3.8, 4) is 5.75 Å². The Labute approximate surface area is 137 Å². The van der Waals surface area contributed by atoms with Crippen LogP contribution in [0.3, 0.4) is 0 Å². The van der Waals surface area contributed by atoms with Gasteiger partial charge in [0.25, 0.3) is 0 Å². The first-order chi connectivity index (χ1) is 10.9. The van der Waals surface area contributed by atoms with E-state index in [1.54, 1.807) is 6.08 Å². The molecule has 0 N–H and O–H groups in total. The van der Waals surface area contributed by atoms with Gasteiger partial charge in [-0.05, 0) is 23.8 Å². The molecule has 2 aromatic carbocycles. The van der Waals surface area contributed by atoms with E-state index >= 15 is 0 Å². The second kappa shape index (κ2) is 10.0. The third-order valence-corrected chi connectivity index (χ3v) is 3.42. The quantitative estimate of drug-likeness (QED) is 0.616. The van der Waals surface area contributed by atoms with Crippen molar-refractivity contribution in [1.82, 2.24) is 0 Å². The molecule has 0 aliphatic carbocycles. The maximum Gasteiger partial charge on any atom is 0.119 e. The first kappa shape index (κ1) is 16.6. The van der Waals surface area contributed by atoms with Crippen LogP contribution >= 0.6 is 11.6 Å². The van der Waals surface area contributed by atoms with Crippen LogP contribution in [-0.2, 0) is 11.2 Å². The summed E-state index contributed by atoms with van der Waals surface area (Å²) < 4.78 is 11.6. The topological polar surface area (TPSA) is 18.5 Å². The van der Waals surface area contributed by atoms with Crippen LogP contribution in [-0.4, -0.2) is 19.3 Å². The number of hydrogen-bond acceptors (Lipinski definition) is 2. The Morgan fingerprint density at radius 2 is 1.64 bits per heavy atom. The normalized spacial score (nSPS) is 12.4. The number of halogens is 1. The standard InChI is InChI=1S/C19H21ClO2/c20-13-7-14-21-15-12-19(16-17-8-3-1-4-9-17)22-18-10-5-2-6-11-18/h1-11,13,19H,12,14-16H2. The molecule has 0 radical (unpaired) electrons. The maximum absolute atomic E-state index is 6.10. The molecule has 0 saturated carbocycles. The van der Waals surface area contributed by atoms with Gasteiger partial charge in [0.2, 0.25) is 0 Å². The third-order valence-electron chi connectivity index (χ3n) is 3.24. The van der Waals surface area contributed by atoms with Crippen LogP contribution in [0.1, 0.15) is 12.0 Å². The molecule has 3 heteroatoms. The summed E-state index contributed by atoms with van der Waals surface area (Å²) in [7, 11) is 0. The van der Waals surface area contributed by atoms with E-state index < -0.39 is 0 Å². The molecule has 2 aromatic rings. The van der Waals surface area contributed by atoms with Gasteiger partial charge in [-0.3, -0.25) is 0 Å². The minimum atomic E-state index is 0.0878. The van der Waals surface area contributed by atoms with Gasteiger partial charge in [-0.2, -0.15) is 0 Å². The summed E-state index contributed by atoms with van der Waals surface area (Å²) >= 11 is 5.47. The van der Waals surface area contributed by atoms with E-state index in [1.807, 2.05) is 36.4 Å². The molecule has 0 heterocycles. The fourth-order valence-corrected chi connectivity index (χ4v) is 2.25. The molecule has 116 valence electrons. The molecular weight excluding hydrogens is 296 g/mol. The van der Waals surface area contributed by atoms with Gasteiger partial charge in [0.05, 0.1) is 13.2 Å². The van der Waals surface area contributed by atoms with Crippen molar-refractivity contribution in [2.75, 3.05) is 13.2 Å². The van der Waals surface area contributed by atoms with Gasteiger partial charge >= 0.3 is 0 Å². The largest absolute Gasteiger partial charge is 0.490 e. The number of ether oxygens (including phenoxy) is 2. The highest BCUT2D eigenvalue weighted by atomic mass is 35.5. The van der Waals surface area contributed by atoms with Crippen molar-refractivity contribution in [1.29, 1.82) is 0 Å². The molecule has 0 aromatic heterocycles. The molecular formula is C19H21ClO2. The summed E-state index contributed by atoms with van der Waals surface area (Å²) in [5.41, 5.74) is 2.74. The van der Waals surface area contributed by atoms with Crippen molar-refractivity contribution in [3.63, 3.8) is 0 Å². The molecule has 1 atom stereocenters. The van der Waals surface area contributed by atoms with E-state index in [0.29, 0.717) is 13.2 Å². The maximum atomic E-state index is 6.10. The predicted molar refractivity (Wildman–Crippen MR) is 91.4 cm³/mol. The van der Waals surface area contributed by atoms with E-state index in [0.717, 1.165) is 18.6 Å². The summed E-state index contributed by atoms with van der Waals surface area (Å²) in [5.74, 6) is 0.893. The Bertz CT molecular complexity index is 498. The molecule has 0 bridgehead atoms. The average molecular weight is 317 g/mol. The molecule has 0 aliphatic heterocycles. The number of rotatable bonds is 9. The minimum Gasteiger partial charge on any atom is -0.490 e. The van der Waals surface area contributed by atoms with Gasteiger partial charge in [0.15, 0.2) is 0 Å². The van der Waals surface area contributed by atoms with Gasteiger partial charge in [-0.25, -0.2) is 0 Å². The van der Waals surface area contributed by atoms with E-state index in [2.05, 4.69) is 24.3 Å². The average Bonchev–Trinajstić information content (AvgIpc) is 2.56. The Hall–Kier alpha value is -1.77. The highest BCUT2D eigenvalue weighted by Crippen LogP contribution is 2.16. The first-order valence-corrected chi connectivity index (χ1v) is 7.90. The zero-order chi connectivity index (χ0) is 15.5. The molecule has 2 rings (SSSR count). The molecule has 1 unspecified atom stereocenters. The lowest BCUT2D eigenvalue weighted by atomic mass is 10.1. The van der Waals surface area contributed by atoms with Gasteiger partial charge in [0.1, 0.15) is 11.9 Å². The van der Waals surface area contributed by atoms with Crippen LogP contribution in [0.5, 0.6) is 5.75 Å². The highest BCUT2D eigenvalue weighted by Gasteiger charge is 2.11. The lowest BCUT2D eigenvalue weighted by molar-refractivity contribution is 0.108. The zero-order valence-electron chi connectivity index (χ0n) is 12.5. The summed E-state index contributed by atoms with van der Waals surface area (Å²) in [6, 6.07) is 20.3. The van der Waals surface area contributed by atoms with E-state index in [1.165, 1.54) is 11.1 Å². The SMILES string of the molecule is ClC=CCOCCC(Cc1ccccc1)Oc1ccccc1. The van der Waals surface area contributed by atoms with E-state index in [9.17, 15) is 0 Å². The lowest BCUT2D eigenvalue weighted by Gasteiger charge is -2.19. The second-order valence-corrected chi connectivity index (χ2v) is 5.22. The lowest BCUT2D eigenvalue weighted by Crippen LogP contribution is -2.22. The van der Waals surface area contributed by atoms with Gasteiger partial charge in [-0.15, -0.1) is 0 Å². The van der Waals surface area contributed by atoms with Crippen molar-refractivity contribution in [2.24, 2.45) is 0 Å². The van der Waals surface area contributed by atoms with Crippen LogP contribution in [0.2, 0.25) is 0 Å². The second-order valence-electron chi connectivity index (χ2n) is 4.97. The van der Waals surface area contributed by atoms with Crippen LogP contribution in [0, 0.1) is 0 Å². The molecule has 0 amide bonds. The Morgan fingerprint density at radius 3 is 2.32 bits per heavy atom. The van der Waals surface area contributed by atoms with Gasteiger partial charge < -0.3 is 9.47 Å². The summed E-state index contributed by atoms with van der Waals surface area (Å²) in [6.45, 7) is 1.18. The third kappa shape index (κ3) is 6.33. The first-order valence-electron chi connectivity index (χ1n) is 7.47. The van der Waals surface area contributed by atoms with Crippen molar-refractivity contribution in [2.45, 2.75) is 18.9 Å². The summed E-state index contributed by atoms with van der Waals surface area (Å²) in [5, 5.41) is 0. The van der Waals surface area contributed by atoms with Gasteiger partial charge in [-0.1, -0.05) is 60.1 Å². The smallest absolute Gasteiger partial charge is 0.119 e. The van der Waals surface area contributed by atoms with Crippen molar-refractivity contribution >= 4 is 11.6 Å². The zero-order valence-corrected chi connectivity index (χ0v) is 13.3. The number of para-hydroxylation sites is 1. The number of hydrogen-bond donors (Lipinski definition) is 0. The highest BCUT2D eigenvalue weighted by molar-refractivity contribution is 6.25. The van der Waals surface area contributed by atoms with Crippen molar-refractivity contribution in [3.05, 3.63) is 77.8 Å². The van der Waals surface area contributed by atoms with Crippen LogP contribution in [0.15, 0.2) is 72.3 Å². The summed E-state index contributed by atoms with van der Waals surface area (Å²) in [6.07, 6.45) is 3.57. The van der Waals surface area contributed by atoms with Crippen molar-refractivity contribution < 1.29 is 9.47 Å². The molecule has 2 nitrogen and oxygen atoms in total. The predicted octanol–water partition coefficient (Wildman–Crippen LogP) is 4.84. The fraction of sp³-hybridized carbons (Fsp3) is 0.263. The molecule has 0 fully saturated rings. The molecule has 0 aliphatic rings. The van der Waals surface area contributed by atoms with Crippen LogP contribution in [0.25, 0.3) is 0 Å². The molecule has 0 spiro atoms. The Balaban J connectivity index is 1.91. The monoisotopic (exact) mass is 316 g/mol. The fourth-order valence-electron chi connectivity index (χ4n) is 2.17. The summed E-state index contributed by atoms with van der Waals surface area (Å²) in [4.78, 5) is 0.